The van der Waals surface area contributed by atoms with E-state index in [2.05, 4.69) is 29.2 Å². The Bertz CT molecular complexity index is 1070. The van der Waals surface area contributed by atoms with Gasteiger partial charge in [-0.1, -0.05) is 72.8 Å². The monoisotopic (exact) mass is 424 g/mol. The first-order chi connectivity index (χ1) is 15.6. The van der Waals surface area contributed by atoms with Gasteiger partial charge in [0, 0.05) is 26.3 Å². The van der Waals surface area contributed by atoms with Crippen molar-refractivity contribution < 1.29 is 9.21 Å². The van der Waals surface area contributed by atoms with Crippen LogP contribution in [0.25, 0.3) is 0 Å². The smallest absolute Gasteiger partial charge is 0.235 e. The van der Waals surface area contributed by atoms with Gasteiger partial charge < -0.3 is 14.2 Å². The molecule has 0 aliphatic rings. The second-order valence-electron chi connectivity index (χ2n) is 8.09. The van der Waals surface area contributed by atoms with Crippen LogP contribution >= 0.6 is 0 Å². The summed E-state index contributed by atoms with van der Waals surface area (Å²) in [7, 11) is 4.04. The number of anilines is 1. The summed E-state index contributed by atoms with van der Waals surface area (Å²) < 4.78 is 5.59. The van der Waals surface area contributed by atoms with Gasteiger partial charge in [-0.2, -0.15) is 0 Å². The zero-order valence-corrected chi connectivity index (χ0v) is 18.5. The molecule has 0 saturated heterocycles. The summed E-state index contributed by atoms with van der Waals surface area (Å²) in [4.78, 5) is 18.0. The Balaban J connectivity index is 1.68. The van der Waals surface area contributed by atoms with E-state index in [-0.39, 0.29) is 11.8 Å². The van der Waals surface area contributed by atoms with E-state index in [1.54, 1.807) is 6.26 Å². The van der Waals surface area contributed by atoms with Gasteiger partial charge in [0.25, 0.3) is 0 Å². The number of hydrogen-bond donors (Lipinski definition) is 0. The van der Waals surface area contributed by atoms with Gasteiger partial charge in [-0.05, 0) is 41.0 Å². The van der Waals surface area contributed by atoms with Crippen LogP contribution in [0, 0.1) is 0 Å². The van der Waals surface area contributed by atoms with Crippen LogP contribution in [0.2, 0.25) is 0 Å². The van der Waals surface area contributed by atoms with Gasteiger partial charge in [0.1, 0.15) is 5.76 Å². The summed E-state index contributed by atoms with van der Waals surface area (Å²) in [6.45, 7) is 0.918. The molecule has 4 heteroatoms. The van der Waals surface area contributed by atoms with Crippen LogP contribution in [0.4, 0.5) is 5.69 Å². The third-order valence-corrected chi connectivity index (χ3v) is 5.58. The van der Waals surface area contributed by atoms with Crippen LogP contribution in [-0.4, -0.2) is 24.9 Å². The Hall–Kier alpha value is -3.79. The first-order valence-electron chi connectivity index (χ1n) is 10.8. The molecule has 0 fully saturated rings. The minimum Gasteiger partial charge on any atom is -0.467 e. The highest BCUT2D eigenvalue weighted by molar-refractivity contribution is 5.87. The predicted octanol–water partition coefficient (Wildman–Crippen LogP) is 5.71. The number of carbonyl (C=O) groups is 1. The summed E-state index contributed by atoms with van der Waals surface area (Å²) in [5, 5.41) is 0. The zero-order valence-electron chi connectivity index (χ0n) is 18.5. The molecule has 0 aliphatic heterocycles. The van der Waals surface area contributed by atoms with Gasteiger partial charge in [-0.15, -0.1) is 0 Å². The van der Waals surface area contributed by atoms with Gasteiger partial charge in [0.2, 0.25) is 5.91 Å². The SMILES string of the molecule is CN(C)c1ccc(CN(Cc2ccco2)C(=O)C(c2ccccc2)c2ccccc2)cc1. The zero-order chi connectivity index (χ0) is 22.3. The van der Waals surface area contributed by atoms with Crippen molar-refractivity contribution in [3.63, 3.8) is 0 Å². The van der Waals surface area contributed by atoms with E-state index in [1.807, 2.05) is 91.8 Å². The molecule has 4 nitrogen and oxygen atoms in total. The Kier molecular flexibility index (Phi) is 6.71. The van der Waals surface area contributed by atoms with Crippen molar-refractivity contribution in [1.29, 1.82) is 0 Å². The number of benzene rings is 3. The number of hydrogen-bond acceptors (Lipinski definition) is 3. The van der Waals surface area contributed by atoms with Crippen LogP contribution in [0.3, 0.4) is 0 Å². The second-order valence-corrected chi connectivity index (χ2v) is 8.09. The number of furan rings is 1. The summed E-state index contributed by atoms with van der Waals surface area (Å²) in [5.74, 6) is 0.437. The highest BCUT2D eigenvalue weighted by Gasteiger charge is 2.28. The molecule has 0 aliphatic carbocycles. The van der Waals surface area contributed by atoms with Crippen LogP contribution in [-0.2, 0) is 17.9 Å². The number of amides is 1. The highest BCUT2D eigenvalue weighted by Crippen LogP contribution is 2.28. The Morgan fingerprint density at radius 2 is 1.34 bits per heavy atom. The first kappa shape index (κ1) is 21.4. The minimum absolute atomic E-state index is 0.0514. The standard InChI is InChI=1S/C28H28N2O2/c1-29(2)25-17-15-22(16-18-25)20-30(21-26-14-9-19-32-26)28(31)27(23-10-5-3-6-11-23)24-12-7-4-8-13-24/h3-19,27H,20-21H2,1-2H3. The maximum Gasteiger partial charge on any atom is 0.235 e. The largest absolute Gasteiger partial charge is 0.467 e. The van der Waals surface area contributed by atoms with Crippen molar-refractivity contribution in [3.05, 3.63) is 126 Å². The van der Waals surface area contributed by atoms with Gasteiger partial charge in [-0.25, -0.2) is 0 Å². The fourth-order valence-electron chi connectivity index (χ4n) is 3.87. The molecule has 162 valence electrons. The molecule has 0 atom stereocenters. The maximum atomic E-state index is 14.0. The molecule has 0 spiro atoms. The molecule has 3 aromatic carbocycles. The average Bonchev–Trinajstić information content (AvgIpc) is 3.34. The summed E-state index contributed by atoms with van der Waals surface area (Å²) in [6, 6.07) is 32.0. The predicted molar refractivity (Wildman–Crippen MR) is 128 cm³/mol. The molecule has 0 unspecified atom stereocenters. The molecular formula is C28H28N2O2. The second kappa shape index (κ2) is 10.0. The molecule has 4 rings (SSSR count). The van der Waals surface area contributed by atoms with Crippen molar-refractivity contribution in [2.24, 2.45) is 0 Å². The number of rotatable bonds is 8. The molecule has 1 aromatic heterocycles. The summed E-state index contributed by atoms with van der Waals surface area (Å²) >= 11 is 0. The molecule has 1 heterocycles. The van der Waals surface area contributed by atoms with Crippen LogP contribution in [0.5, 0.6) is 0 Å². The Labute approximate surface area is 189 Å². The molecule has 0 N–H and O–H groups in total. The molecular weight excluding hydrogens is 396 g/mol. The number of nitrogens with zero attached hydrogens (tertiary/aromatic N) is 2. The molecule has 1 amide bonds. The fraction of sp³-hybridized carbons (Fsp3) is 0.179. The lowest BCUT2D eigenvalue weighted by molar-refractivity contribution is -0.133. The average molecular weight is 425 g/mol. The molecule has 0 radical (unpaired) electrons. The fourth-order valence-corrected chi connectivity index (χ4v) is 3.87. The molecule has 0 bridgehead atoms. The van der Waals surface area contributed by atoms with E-state index < -0.39 is 0 Å². The van der Waals surface area contributed by atoms with E-state index in [9.17, 15) is 4.79 Å². The normalized spacial score (nSPS) is 10.8. The Morgan fingerprint density at radius 3 is 1.84 bits per heavy atom. The van der Waals surface area contributed by atoms with E-state index >= 15 is 0 Å². The van der Waals surface area contributed by atoms with Crippen LogP contribution in [0.1, 0.15) is 28.4 Å². The van der Waals surface area contributed by atoms with E-state index in [1.165, 1.54) is 0 Å². The van der Waals surface area contributed by atoms with Crippen molar-refractivity contribution in [1.82, 2.24) is 4.90 Å². The van der Waals surface area contributed by atoms with Crippen LogP contribution < -0.4 is 4.90 Å². The quantitative estimate of drug-likeness (QED) is 0.364. The van der Waals surface area contributed by atoms with Crippen molar-refractivity contribution in [2.45, 2.75) is 19.0 Å². The van der Waals surface area contributed by atoms with Crippen molar-refractivity contribution in [3.8, 4) is 0 Å². The van der Waals surface area contributed by atoms with E-state index in [0.717, 1.165) is 28.1 Å². The third kappa shape index (κ3) is 5.09. The lowest BCUT2D eigenvalue weighted by atomic mass is 9.90. The third-order valence-electron chi connectivity index (χ3n) is 5.58. The van der Waals surface area contributed by atoms with Gasteiger partial charge in [0.05, 0.1) is 18.7 Å². The topological polar surface area (TPSA) is 36.7 Å². The molecule has 0 saturated carbocycles. The lowest BCUT2D eigenvalue weighted by Gasteiger charge is -2.28. The lowest BCUT2D eigenvalue weighted by Crippen LogP contribution is -2.34. The Morgan fingerprint density at radius 1 is 0.750 bits per heavy atom. The minimum atomic E-state index is -0.381. The van der Waals surface area contributed by atoms with Crippen molar-refractivity contribution >= 4 is 11.6 Å². The molecule has 4 aromatic rings. The summed E-state index contributed by atoms with van der Waals surface area (Å²) in [6.07, 6.45) is 1.65. The summed E-state index contributed by atoms with van der Waals surface area (Å²) in [5.41, 5.74) is 4.17. The van der Waals surface area contributed by atoms with Gasteiger partial charge in [0.15, 0.2) is 0 Å². The van der Waals surface area contributed by atoms with Gasteiger partial charge >= 0.3 is 0 Å². The van der Waals surface area contributed by atoms with E-state index in [0.29, 0.717) is 13.1 Å². The maximum absolute atomic E-state index is 14.0. The highest BCUT2D eigenvalue weighted by atomic mass is 16.3. The van der Waals surface area contributed by atoms with Crippen molar-refractivity contribution in [2.75, 3.05) is 19.0 Å². The molecule has 32 heavy (non-hydrogen) atoms. The van der Waals surface area contributed by atoms with Crippen LogP contribution in [0.15, 0.2) is 108 Å². The number of carbonyl (C=O) groups excluding carboxylic acids is 1. The van der Waals surface area contributed by atoms with E-state index in [4.69, 9.17) is 4.42 Å². The first-order valence-corrected chi connectivity index (χ1v) is 10.8. The van der Waals surface area contributed by atoms with Gasteiger partial charge in [-0.3, -0.25) is 4.79 Å².